The zero-order chi connectivity index (χ0) is 13.7. The summed E-state index contributed by atoms with van der Waals surface area (Å²) in [5, 5.41) is 3.19. The number of nitrogens with zero attached hydrogens (tertiary/aromatic N) is 3. The zero-order valence-electron chi connectivity index (χ0n) is 11.5. The van der Waals surface area contributed by atoms with E-state index in [0.29, 0.717) is 11.8 Å². The van der Waals surface area contributed by atoms with Crippen LogP contribution in [-0.2, 0) is 0 Å². The molecule has 0 saturated heterocycles. The third-order valence-corrected chi connectivity index (χ3v) is 2.72. The number of methoxy groups -OCH3 is 1. The molecule has 0 unspecified atom stereocenters. The van der Waals surface area contributed by atoms with E-state index in [1.54, 1.807) is 13.3 Å². The highest BCUT2D eigenvalue weighted by Crippen LogP contribution is 2.22. The van der Waals surface area contributed by atoms with Crippen molar-refractivity contribution in [3.05, 3.63) is 30.1 Å². The quantitative estimate of drug-likeness (QED) is 0.893. The third kappa shape index (κ3) is 3.19. The minimum Gasteiger partial charge on any atom is -0.481 e. The van der Waals surface area contributed by atoms with E-state index in [1.807, 2.05) is 25.3 Å². The monoisotopic (exact) mass is 258 g/mol. The number of anilines is 1. The standard InChI is InChI=1S/C14H18N4O/c1-4-7-15-14-17-8-10(2)13(18-14)11-5-6-12(19-3)16-9-11/h5-6,8-9H,4,7H2,1-3H3,(H,15,17,18). The molecule has 0 atom stereocenters. The number of ether oxygens (including phenoxy) is 1. The van der Waals surface area contributed by atoms with Crippen molar-refractivity contribution in [2.45, 2.75) is 20.3 Å². The summed E-state index contributed by atoms with van der Waals surface area (Å²) in [5.41, 5.74) is 2.87. The highest BCUT2D eigenvalue weighted by molar-refractivity contribution is 5.63. The van der Waals surface area contributed by atoms with Crippen LogP contribution in [0.5, 0.6) is 5.88 Å². The zero-order valence-corrected chi connectivity index (χ0v) is 11.5. The van der Waals surface area contributed by atoms with Gasteiger partial charge in [-0.1, -0.05) is 6.92 Å². The van der Waals surface area contributed by atoms with Gasteiger partial charge < -0.3 is 10.1 Å². The third-order valence-electron chi connectivity index (χ3n) is 2.72. The molecule has 5 heteroatoms. The second-order valence-corrected chi connectivity index (χ2v) is 4.24. The van der Waals surface area contributed by atoms with Gasteiger partial charge >= 0.3 is 0 Å². The number of pyridine rings is 1. The molecule has 0 aliphatic carbocycles. The number of hydrogen-bond donors (Lipinski definition) is 1. The van der Waals surface area contributed by atoms with Crippen LogP contribution in [0.2, 0.25) is 0 Å². The molecular formula is C14H18N4O. The number of hydrogen-bond acceptors (Lipinski definition) is 5. The van der Waals surface area contributed by atoms with Gasteiger partial charge in [0.05, 0.1) is 12.8 Å². The lowest BCUT2D eigenvalue weighted by Gasteiger charge is -2.08. The van der Waals surface area contributed by atoms with Crippen molar-refractivity contribution in [3.63, 3.8) is 0 Å². The molecule has 0 fully saturated rings. The van der Waals surface area contributed by atoms with E-state index in [-0.39, 0.29) is 0 Å². The van der Waals surface area contributed by atoms with Crippen LogP contribution in [0.4, 0.5) is 5.95 Å². The maximum Gasteiger partial charge on any atom is 0.223 e. The predicted molar refractivity (Wildman–Crippen MR) is 75.3 cm³/mol. The Morgan fingerprint density at radius 2 is 2.05 bits per heavy atom. The maximum atomic E-state index is 5.06. The minimum atomic E-state index is 0.597. The molecule has 2 rings (SSSR count). The first-order valence-corrected chi connectivity index (χ1v) is 6.32. The van der Waals surface area contributed by atoms with Crippen molar-refractivity contribution in [2.75, 3.05) is 19.0 Å². The summed E-state index contributed by atoms with van der Waals surface area (Å²) in [5.74, 6) is 1.25. The lowest BCUT2D eigenvalue weighted by atomic mass is 10.1. The van der Waals surface area contributed by atoms with Crippen molar-refractivity contribution in [1.29, 1.82) is 0 Å². The van der Waals surface area contributed by atoms with E-state index in [1.165, 1.54) is 0 Å². The molecule has 0 aliphatic rings. The van der Waals surface area contributed by atoms with Crippen LogP contribution in [0, 0.1) is 6.92 Å². The topological polar surface area (TPSA) is 59.9 Å². The van der Waals surface area contributed by atoms with Gasteiger partial charge in [-0.25, -0.2) is 15.0 Å². The van der Waals surface area contributed by atoms with E-state index in [9.17, 15) is 0 Å². The van der Waals surface area contributed by atoms with Gasteiger partial charge in [0.25, 0.3) is 0 Å². The molecule has 0 spiro atoms. The van der Waals surface area contributed by atoms with Crippen LogP contribution in [0.15, 0.2) is 24.5 Å². The average Bonchev–Trinajstić information content (AvgIpc) is 2.46. The minimum absolute atomic E-state index is 0.597. The van der Waals surface area contributed by atoms with Crippen LogP contribution in [0.3, 0.4) is 0 Å². The molecule has 5 nitrogen and oxygen atoms in total. The lowest BCUT2D eigenvalue weighted by molar-refractivity contribution is 0.398. The molecule has 0 bridgehead atoms. The summed E-state index contributed by atoms with van der Waals surface area (Å²) in [6.45, 7) is 4.96. The Morgan fingerprint density at radius 1 is 1.21 bits per heavy atom. The smallest absolute Gasteiger partial charge is 0.223 e. The van der Waals surface area contributed by atoms with Gasteiger partial charge in [0.15, 0.2) is 0 Å². The van der Waals surface area contributed by atoms with Crippen LogP contribution >= 0.6 is 0 Å². The van der Waals surface area contributed by atoms with Crippen LogP contribution in [-0.4, -0.2) is 28.6 Å². The summed E-state index contributed by atoms with van der Waals surface area (Å²) < 4.78 is 5.06. The SMILES string of the molecule is CCCNc1ncc(C)c(-c2ccc(OC)nc2)n1. The first-order chi connectivity index (χ1) is 9.24. The molecular weight excluding hydrogens is 240 g/mol. The summed E-state index contributed by atoms with van der Waals surface area (Å²) in [7, 11) is 1.60. The van der Waals surface area contributed by atoms with Crippen molar-refractivity contribution < 1.29 is 4.74 Å². The largest absolute Gasteiger partial charge is 0.481 e. The van der Waals surface area contributed by atoms with Crippen molar-refractivity contribution in [2.24, 2.45) is 0 Å². The summed E-state index contributed by atoms with van der Waals surface area (Å²) in [6.07, 6.45) is 4.62. The van der Waals surface area contributed by atoms with E-state index in [2.05, 4.69) is 27.2 Å². The van der Waals surface area contributed by atoms with Crippen LogP contribution in [0.25, 0.3) is 11.3 Å². The average molecular weight is 258 g/mol. The van der Waals surface area contributed by atoms with Gasteiger partial charge in [0.2, 0.25) is 11.8 Å². The molecule has 19 heavy (non-hydrogen) atoms. The molecule has 0 aromatic carbocycles. The molecule has 2 aromatic heterocycles. The Morgan fingerprint density at radius 3 is 2.68 bits per heavy atom. The van der Waals surface area contributed by atoms with Crippen molar-refractivity contribution >= 4 is 5.95 Å². The highest BCUT2D eigenvalue weighted by atomic mass is 16.5. The second kappa shape index (κ2) is 6.13. The summed E-state index contributed by atoms with van der Waals surface area (Å²) in [6, 6.07) is 3.78. The molecule has 2 heterocycles. The molecule has 1 N–H and O–H groups in total. The summed E-state index contributed by atoms with van der Waals surface area (Å²) >= 11 is 0. The van der Waals surface area contributed by atoms with E-state index >= 15 is 0 Å². The van der Waals surface area contributed by atoms with Gasteiger partial charge in [-0.2, -0.15) is 0 Å². The number of aryl methyl sites for hydroxylation is 1. The number of rotatable bonds is 5. The fourth-order valence-electron chi connectivity index (χ4n) is 1.70. The fraction of sp³-hybridized carbons (Fsp3) is 0.357. The van der Waals surface area contributed by atoms with Crippen molar-refractivity contribution in [3.8, 4) is 17.1 Å². The Labute approximate surface area is 113 Å². The van der Waals surface area contributed by atoms with Gasteiger partial charge in [0.1, 0.15) is 0 Å². The van der Waals surface area contributed by atoms with Gasteiger partial charge in [-0.15, -0.1) is 0 Å². The predicted octanol–water partition coefficient (Wildman–Crippen LogP) is 2.68. The Hall–Kier alpha value is -2.17. The normalized spacial score (nSPS) is 10.3. The van der Waals surface area contributed by atoms with E-state index in [0.717, 1.165) is 29.8 Å². The molecule has 2 aromatic rings. The van der Waals surface area contributed by atoms with E-state index < -0.39 is 0 Å². The number of nitrogens with one attached hydrogen (secondary N) is 1. The Bertz CT molecular complexity index is 540. The first-order valence-electron chi connectivity index (χ1n) is 6.32. The maximum absolute atomic E-state index is 5.06. The fourth-order valence-corrected chi connectivity index (χ4v) is 1.70. The van der Waals surface area contributed by atoms with Gasteiger partial charge in [0, 0.05) is 30.6 Å². The molecule has 0 aliphatic heterocycles. The Balaban J connectivity index is 2.31. The van der Waals surface area contributed by atoms with Crippen LogP contribution < -0.4 is 10.1 Å². The molecule has 0 amide bonds. The lowest BCUT2D eigenvalue weighted by Crippen LogP contribution is -2.05. The molecule has 0 radical (unpaired) electrons. The molecule has 0 saturated carbocycles. The van der Waals surface area contributed by atoms with Gasteiger partial charge in [-0.3, -0.25) is 0 Å². The Kier molecular flexibility index (Phi) is 4.28. The van der Waals surface area contributed by atoms with Gasteiger partial charge in [-0.05, 0) is 25.0 Å². The van der Waals surface area contributed by atoms with Crippen LogP contribution in [0.1, 0.15) is 18.9 Å². The summed E-state index contributed by atoms with van der Waals surface area (Å²) in [4.78, 5) is 13.0. The van der Waals surface area contributed by atoms with E-state index in [4.69, 9.17) is 4.74 Å². The van der Waals surface area contributed by atoms with Crippen molar-refractivity contribution in [1.82, 2.24) is 15.0 Å². The molecule has 100 valence electrons. The number of aromatic nitrogens is 3. The first kappa shape index (κ1) is 13.3. The highest BCUT2D eigenvalue weighted by Gasteiger charge is 2.07. The second-order valence-electron chi connectivity index (χ2n) is 4.24.